The molecule has 4 nitrogen and oxygen atoms in total. The number of hydrogen-bond donors (Lipinski definition) is 2. The lowest BCUT2D eigenvalue weighted by atomic mass is 10.1. The molecule has 0 aliphatic rings. The van der Waals surface area contributed by atoms with E-state index in [1.165, 1.54) is 30.6 Å². The van der Waals surface area contributed by atoms with Gasteiger partial charge in [-0.25, -0.2) is 4.39 Å². The fourth-order valence-corrected chi connectivity index (χ4v) is 1.70. The van der Waals surface area contributed by atoms with Crippen molar-refractivity contribution in [2.75, 3.05) is 0 Å². The molecule has 2 N–H and O–H groups in total. The smallest absolute Gasteiger partial charge is 0.257 e. The van der Waals surface area contributed by atoms with Crippen molar-refractivity contribution in [1.29, 1.82) is 0 Å². The highest BCUT2D eigenvalue weighted by atomic mass is 19.1. The maximum absolute atomic E-state index is 12.8. The van der Waals surface area contributed by atoms with Crippen LogP contribution in [-0.2, 0) is 0 Å². The normalized spacial score (nSPS) is 11.9. The van der Waals surface area contributed by atoms with E-state index in [0.29, 0.717) is 0 Å². The van der Waals surface area contributed by atoms with E-state index in [4.69, 9.17) is 0 Å². The Balaban J connectivity index is 2.13. The number of carbonyl (C=O) groups is 1. The highest BCUT2D eigenvalue weighted by molar-refractivity contribution is 5.93. The zero-order valence-corrected chi connectivity index (χ0v) is 10.3. The summed E-state index contributed by atoms with van der Waals surface area (Å²) < 4.78 is 12.8. The van der Waals surface area contributed by atoms with E-state index in [1.54, 1.807) is 19.1 Å². The lowest BCUT2D eigenvalue weighted by molar-refractivity contribution is 0.0938. The van der Waals surface area contributed by atoms with Crippen molar-refractivity contribution in [3.05, 3.63) is 69.9 Å². The van der Waals surface area contributed by atoms with Gasteiger partial charge >= 0.3 is 0 Å². The average molecular weight is 260 g/mol. The molecule has 1 amide bonds. The second-order valence-corrected chi connectivity index (χ2v) is 4.17. The molecular weight excluding hydrogens is 247 g/mol. The van der Waals surface area contributed by atoms with Gasteiger partial charge in [-0.3, -0.25) is 9.59 Å². The summed E-state index contributed by atoms with van der Waals surface area (Å²) in [5.74, 6) is -0.791. The molecule has 98 valence electrons. The zero-order valence-electron chi connectivity index (χ0n) is 10.3. The van der Waals surface area contributed by atoms with Gasteiger partial charge in [-0.05, 0) is 24.6 Å². The molecule has 0 aliphatic heterocycles. The Hall–Kier alpha value is -2.43. The molecule has 1 aromatic carbocycles. The van der Waals surface area contributed by atoms with Crippen molar-refractivity contribution in [2.45, 2.75) is 13.0 Å². The van der Waals surface area contributed by atoms with E-state index >= 15 is 0 Å². The summed E-state index contributed by atoms with van der Waals surface area (Å²) in [6.07, 6.45) is 2.82. The van der Waals surface area contributed by atoms with E-state index in [0.717, 1.165) is 5.56 Å². The van der Waals surface area contributed by atoms with E-state index in [9.17, 15) is 14.0 Å². The third kappa shape index (κ3) is 3.07. The number of aromatic nitrogens is 1. The number of carbonyl (C=O) groups excluding carboxylic acids is 1. The second-order valence-electron chi connectivity index (χ2n) is 4.17. The number of benzene rings is 1. The summed E-state index contributed by atoms with van der Waals surface area (Å²) in [4.78, 5) is 26.1. The van der Waals surface area contributed by atoms with Gasteiger partial charge in [0, 0.05) is 18.5 Å². The first-order valence-electron chi connectivity index (χ1n) is 5.81. The van der Waals surface area contributed by atoms with Crippen LogP contribution in [0.2, 0.25) is 0 Å². The largest absolute Gasteiger partial charge is 0.367 e. The molecule has 0 fully saturated rings. The molecule has 1 unspecified atom stereocenters. The van der Waals surface area contributed by atoms with Gasteiger partial charge in [-0.1, -0.05) is 12.1 Å². The Morgan fingerprint density at radius 3 is 2.58 bits per heavy atom. The standard InChI is InChI=1S/C14H13FN2O2/c1-9(10-2-4-11(15)5-3-10)17-14(19)12-8-16-7-6-13(12)18/h2-9H,1H3,(H,16,18)(H,17,19). The maximum atomic E-state index is 12.8. The van der Waals surface area contributed by atoms with Gasteiger partial charge in [0.15, 0.2) is 5.43 Å². The predicted molar refractivity (Wildman–Crippen MR) is 69.3 cm³/mol. The van der Waals surface area contributed by atoms with Gasteiger partial charge in [0.2, 0.25) is 0 Å². The topological polar surface area (TPSA) is 62.0 Å². The molecule has 19 heavy (non-hydrogen) atoms. The first-order chi connectivity index (χ1) is 9.08. The number of rotatable bonds is 3. The number of pyridine rings is 1. The molecule has 1 aromatic heterocycles. The Labute approximate surface area is 109 Å². The highest BCUT2D eigenvalue weighted by Gasteiger charge is 2.13. The molecular formula is C14H13FN2O2. The van der Waals surface area contributed by atoms with Gasteiger partial charge in [0.1, 0.15) is 11.4 Å². The summed E-state index contributed by atoms with van der Waals surface area (Å²) in [5, 5.41) is 2.69. The molecule has 2 rings (SSSR count). The third-order valence-corrected chi connectivity index (χ3v) is 2.79. The van der Waals surface area contributed by atoms with Gasteiger partial charge in [-0.15, -0.1) is 0 Å². The van der Waals surface area contributed by atoms with Crippen molar-refractivity contribution < 1.29 is 9.18 Å². The predicted octanol–water partition coefficient (Wildman–Crippen LogP) is 2.00. The number of halogens is 1. The quantitative estimate of drug-likeness (QED) is 0.886. The van der Waals surface area contributed by atoms with Crippen molar-refractivity contribution in [3.63, 3.8) is 0 Å². The molecule has 0 aliphatic carbocycles. The first-order valence-corrected chi connectivity index (χ1v) is 5.81. The minimum Gasteiger partial charge on any atom is -0.367 e. The van der Waals surface area contributed by atoms with E-state index in [-0.39, 0.29) is 22.9 Å². The number of amides is 1. The molecule has 1 heterocycles. The molecule has 0 bridgehead atoms. The van der Waals surface area contributed by atoms with Gasteiger partial charge in [0.25, 0.3) is 5.91 Å². The SMILES string of the molecule is CC(NC(=O)c1c[nH]ccc1=O)c1ccc(F)cc1. The monoisotopic (exact) mass is 260 g/mol. The summed E-state index contributed by atoms with van der Waals surface area (Å²) in [7, 11) is 0. The van der Waals surface area contributed by atoms with E-state index < -0.39 is 5.91 Å². The Bertz CT molecular complexity index is 634. The van der Waals surface area contributed by atoms with E-state index in [1.807, 2.05) is 0 Å². The molecule has 0 radical (unpaired) electrons. The van der Waals surface area contributed by atoms with Gasteiger partial charge < -0.3 is 10.3 Å². The molecule has 2 aromatic rings. The van der Waals surface area contributed by atoms with Crippen LogP contribution in [0.1, 0.15) is 28.9 Å². The zero-order chi connectivity index (χ0) is 13.8. The molecule has 5 heteroatoms. The van der Waals surface area contributed by atoms with Crippen molar-refractivity contribution >= 4 is 5.91 Å². The number of H-pyrrole nitrogens is 1. The van der Waals surface area contributed by atoms with Crippen LogP contribution in [0.15, 0.2) is 47.5 Å². The number of hydrogen-bond acceptors (Lipinski definition) is 2. The van der Waals surface area contributed by atoms with E-state index in [2.05, 4.69) is 10.3 Å². The summed E-state index contributed by atoms with van der Waals surface area (Å²) in [6.45, 7) is 1.77. The number of aromatic amines is 1. The van der Waals surface area contributed by atoms with Crippen LogP contribution in [0.5, 0.6) is 0 Å². The van der Waals surface area contributed by atoms with Crippen molar-refractivity contribution in [1.82, 2.24) is 10.3 Å². The minimum atomic E-state index is -0.460. The van der Waals surface area contributed by atoms with Crippen LogP contribution in [-0.4, -0.2) is 10.9 Å². The first kappa shape index (κ1) is 13.0. The second kappa shape index (κ2) is 5.48. The Morgan fingerprint density at radius 2 is 1.95 bits per heavy atom. The van der Waals surface area contributed by atoms with Gasteiger partial charge in [0.05, 0.1) is 6.04 Å². The molecule has 0 saturated carbocycles. The lowest BCUT2D eigenvalue weighted by Crippen LogP contribution is -2.30. The van der Waals surface area contributed by atoms with Crippen molar-refractivity contribution in [2.24, 2.45) is 0 Å². The fourth-order valence-electron chi connectivity index (χ4n) is 1.70. The molecule has 1 atom stereocenters. The lowest BCUT2D eigenvalue weighted by Gasteiger charge is -2.13. The highest BCUT2D eigenvalue weighted by Crippen LogP contribution is 2.13. The summed E-state index contributed by atoms with van der Waals surface area (Å²) in [6, 6.07) is 6.82. The fraction of sp³-hybridized carbons (Fsp3) is 0.143. The van der Waals surface area contributed by atoms with Crippen LogP contribution in [0.3, 0.4) is 0 Å². The molecule has 0 spiro atoms. The van der Waals surface area contributed by atoms with Crippen LogP contribution in [0.4, 0.5) is 4.39 Å². The Morgan fingerprint density at radius 1 is 1.26 bits per heavy atom. The van der Waals surface area contributed by atoms with Crippen LogP contribution in [0, 0.1) is 5.82 Å². The average Bonchev–Trinajstić information content (AvgIpc) is 2.39. The summed E-state index contributed by atoms with van der Waals surface area (Å²) >= 11 is 0. The number of nitrogens with one attached hydrogen (secondary N) is 2. The van der Waals surface area contributed by atoms with Crippen LogP contribution in [0.25, 0.3) is 0 Å². The van der Waals surface area contributed by atoms with Crippen LogP contribution >= 0.6 is 0 Å². The molecule has 0 saturated heterocycles. The van der Waals surface area contributed by atoms with Gasteiger partial charge in [-0.2, -0.15) is 0 Å². The maximum Gasteiger partial charge on any atom is 0.257 e. The third-order valence-electron chi connectivity index (χ3n) is 2.79. The van der Waals surface area contributed by atoms with Crippen LogP contribution < -0.4 is 10.7 Å². The minimum absolute atomic E-state index is 0.0523. The van der Waals surface area contributed by atoms with Crippen molar-refractivity contribution in [3.8, 4) is 0 Å². The Kier molecular flexibility index (Phi) is 3.75. The summed E-state index contributed by atoms with van der Waals surface area (Å²) in [5.41, 5.74) is 0.473.